The fraction of sp³-hybridized carbons (Fsp3) is 0.905. The lowest BCUT2D eigenvalue weighted by Gasteiger charge is -2.09. The van der Waals surface area contributed by atoms with Gasteiger partial charge in [-0.15, -0.1) is 0 Å². The number of nitrogens with one attached hydrogen (secondary N) is 2. The van der Waals surface area contributed by atoms with Crippen molar-refractivity contribution in [3.8, 4) is 0 Å². The number of carbonyl (C=O) groups is 2. The Hall–Kier alpha value is -1.10. The minimum absolute atomic E-state index is 0.104. The van der Waals surface area contributed by atoms with Gasteiger partial charge in [-0.2, -0.15) is 0 Å². The molecule has 0 aromatic carbocycles. The van der Waals surface area contributed by atoms with Gasteiger partial charge in [0.2, 0.25) is 11.8 Å². The van der Waals surface area contributed by atoms with Gasteiger partial charge in [-0.1, -0.05) is 41.5 Å². The summed E-state index contributed by atoms with van der Waals surface area (Å²) in [6.45, 7) is 24.6. The Bertz CT molecular complexity index is 343. The first-order valence-electron chi connectivity index (χ1n) is 9.94. The fourth-order valence-electron chi connectivity index (χ4n) is 1.50. The van der Waals surface area contributed by atoms with E-state index in [0.29, 0.717) is 18.1 Å². The molecular weight excluding hydrogens is 328 g/mol. The van der Waals surface area contributed by atoms with Gasteiger partial charge >= 0.3 is 0 Å². The van der Waals surface area contributed by atoms with Crippen LogP contribution in [-0.4, -0.2) is 36.6 Å². The van der Waals surface area contributed by atoms with E-state index < -0.39 is 0 Å². The number of hydrogen-bond acceptors (Lipinski definition) is 3. The molecular formula is C21H46N2O3. The number of amides is 2. The molecule has 5 heteroatoms. The highest BCUT2D eigenvalue weighted by atomic mass is 16.5. The third-order valence-electron chi connectivity index (χ3n) is 2.71. The summed E-state index contributed by atoms with van der Waals surface area (Å²) in [4.78, 5) is 21.8. The van der Waals surface area contributed by atoms with Gasteiger partial charge in [0.15, 0.2) is 0 Å². The molecule has 0 aromatic heterocycles. The van der Waals surface area contributed by atoms with Crippen molar-refractivity contribution >= 4 is 11.8 Å². The second-order valence-electron chi connectivity index (χ2n) is 8.35. The minimum Gasteiger partial charge on any atom is -0.376 e. The normalized spacial score (nSPS) is 10.7. The van der Waals surface area contributed by atoms with Crippen LogP contribution in [0.4, 0.5) is 0 Å². The molecule has 2 amide bonds. The van der Waals surface area contributed by atoms with Crippen LogP contribution in [0.2, 0.25) is 0 Å². The lowest BCUT2D eigenvalue weighted by Crippen LogP contribution is -2.33. The summed E-state index contributed by atoms with van der Waals surface area (Å²) in [7, 11) is 0. The van der Waals surface area contributed by atoms with Crippen molar-refractivity contribution < 1.29 is 14.3 Å². The van der Waals surface area contributed by atoms with E-state index in [0.717, 1.165) is 6.54 Å². The molecule has 0 bridgehead atoms. The van der Waals surface area contributed by atoms with Gasteiger partial charge in [-0.3, -0.25) is 9.59 Å². The molecule has 0 heterocycles. The first-order valence-corrected chi connectivity index (χ1v) is 9.94. The van der Waals surface area contributed by atoms with Gasteiger partial charge in [-0.25, -0.2) is 0 Å². The van der Waals surface area contributed by atoms with E-state index in [1.807, 2.05) is 69.2 Å². The second kappa shape index (κ2) is 17.3. The van der Waals surface area contributed by atoms with Crippen LogP contribution in [0.3, 0.4) is 0 Å². The van der Waals surface area contributed by atoms with Gasteiger partial charge in [0.1, 0.15) is 0 Å². The monoisotopic (exact) mass is 374 g/mol. The van der Waals surface area contributed by atoms with Crippen LogP contribution in [0.25, 0.3) is 0 Å². The topological polar surface area (TPSA) is 67.4 Å². The first-order chi connectivity index (χ1) is 11.7. The molecule has 0 aliphatic carbocycles. The molecule has 0 spiro atoms. The molecule has 0 radical (unpaired) electrons. The molecule has 0 fully saturated rings. The molecule has 26 heavy (non-hydrogen) atoms. The van der Waals surface area contributed by atoms with E-state index in [9.17, 15) is 9.59 Å². The molecule has 2 N–H and O–H groups in total. The molecule has 158 valence electrons. The van der Waals surface area contributed by atoms with Gasteiger partial charge in [-0.05, 0) is 47.5 Å². The van der Waals surface area contributed by atoms with E-state index in [1.54, 1.807) is 0 Å². The SMILES string of the molecule is CC(C)CNC(=O)C(C)C.CC(C)NC(=O)C(C)C.CC(C)OC(C)C. The Labute approximate surface area is 163 Å². The number of rotatable bonds is 7. The summed E-state index contributed by atoms with van der Waals surface area (Å²) in [6, 6.07) is 0.264. The highest BCUT2D eigenvalue weighted by Crippen LogP contribution is 1.94. The Morgan fingerprint density at radius 2 is 1.08 bits per heavy atom. The largest absolute Gasteiger partial charge is 0.376 e. The summed E-state index contributed by atoms with van der Waals surface area (Å²) < 4.78 is 5.25. The Kier molecular flexibility index (Phi) is 19.8. The van der Waals surface area contributed by atoms with E-state index in [1.165, 1.54) is 0 Å². The zero-order valence-corrected chi connectivity index (χ0v) is 19.4. The fourth-order valence-corrected chi connectivity index (χ4v) is 1.50. The van der Waals surface area contributed by atoms with E-state index in [2.05, 4.69) is 24.5 Å². The average Bonchev–Trinajstić information content (AvgIpc) is 2.43. The van der Waals surface area contributed by atoms with E-state index in [-0.39, 0.29) is 29.7 Å². The summed E-state index contributed by atoms with van der Waals surface area (Å²) in [5.41, 5.74) is 0. The minimum atomic E-state index is 0.104. The van der Waals surface area contributed by atoms with Crippen LogP contribution in [0.5, 0.6) is 0 Å². The summed E-state index contributed by atoms with van der Waals surface area (Å²) >= 11 is 0. The second-order valence-corrected chi connectivity index (χ2v) is 8.35. The number of hydrogen-bond donors (Lipinski definition) is 2. The van der Waals surface area contributed by atoms with Crippen LogP contribution >= 0.6 is 0 Å². The maximum atomic E-state index is 10.9. The predicted molar refractivity (Wildman–Crippen MR) is 112 cm³/mol. The van der Waals surface area contributed by atoms with Crippen LogP contribution in [0.15, 0.2) is 0 Å². The molecule has 0 rings (SSSR count). The van der Waals surface area contributed by atoms with Crippen molar-refractivity contribution in [2.75, 3.05) is 6.54 Å². The van der Waals surface area contributed by atoms with Crippen molar-refractivity contribution in [2.45, 2.75) is 101 Å². The number of carbonyl (C=O) groups excluding carboxylic acids is 2. The Morgan fingerprint density at radius 3 is 1.23 bits per heavy atom. The van der Waals surface area contributed by atoms with Gasteiger partial charge < -0.3 is 15.4 Å². The van der Waals surface area contributed by atoms with E-state index in [4.69, 9.17) is 4.74 Å². The van der Waals surface area contributed by atoms with Crippen LogP contribution in [0.1, 0.15) is 83.1 Å². The molecule has 0 aliphatic rings. The summed E-state index contributed by atoms with van der Waals surface area (Å²) in [6.07, 6.45) is 0.750. The van der Waals surface area contributed by atoms with Gasteiger partial charge in [0.25, 0.3) is 0 Å². The molecule has 0 aromatic rings. The molecule has 0 unspecified atom stereocenters. The van der Waals surface area contributed by atoms with Crippen molar-refractivity contribution in [1.29, 1.82) is 0 Å². The molecule has 0 aliphatic heterocycles. The third-order valence-corrected chi connectivity index (χ3v) is 2.71. The highest BCUT2D eigenvalue weighted by molar-refractivity contribution is 5.78. The standard InChI is InChI=1S/C8H17NO.C7H15NO.C6H14O/c1-6(2)5-9-8(10)7(3)4;1-5(2)7(9)8-6(3)4;1-5(2)7-6(3)4/h6-7H,5H2,1-4H3,(H,9,10);5-6H,1-4H3,(H,8,9);5-6H,1-4H3. The number of ether oxygens (including phenoxy) is 1. The molecule has 5 nitrogen and oxygen atoms in total. The van der Waals surface area contributed by atoms with Crippen molar-refractivity contribution in [3.05, 3.63) is 0 Å². The van der Waals surface area contributed by atoms with Crippen LogP contribution < -0.4 is 10.6 Å². The quantitative estimate of drug-likeness (QED) is 0.694. The molecule has 0 saturated heterocycles. The average molecular weight is 375 g/mol. The van der Waals surface area contributed by atoms with Gasteiger partial charge in [0.05, 0.1) is 12.2 Å². The maximum absolute atomic E-state index is 10.9. The summed E-state index contributed by atoms with van der Waals surface area (Å²) in [5.74, 6) is 1.03. The van der Waals surface area contributed by atoms with Crippen molar-refractivity contribution in [2.24, 2.45) is 17.8 Å². The zero-order chi connectivity index (χ0) is 21.4. The summed E-state index contributed by atoms with van der Waals surface area (Å²) in [5, 5.41) is 5.65. The van der Waals surface area contributed by atoms with Gasteiger partial charge in [0, 0.05) is 24.4 Å². The smallest absolute Gasteiger partial charge is 0.222 e. The zero-order valence-electron chi connectivity index (χ0n) is 19.4. The lowest BCUT2D eigenvalue weighted by atomic mass is 10.2. The van der Waals surface area contributed by atoms with Crippen LogP contribution in [0, 0.1) is 17.8 Å². The van der Waals surface area contributed by atoms with Crippen molar-refractivity contribution in [1.82, 2.24) is 10.6 Å². The van der Waals surface area contributed by atoms with E-state index >= 15 is 0 Å². The van der Waals surface area contributed by atoms with Crippen LogP contribution in [-0.2, 0) is 14.3 Å². The van der Waals surface area contributed by atoms with Crippen molar-refractivity contribution in [3.63, 3.8) is 0 Å². The Morgan fingerprint density at radius 1 is 0.692 bits per heavy atom. The molecule has 0 atom stereocenters. The highest BCUT2D eigenvalue weighted by Gasteiger charge is 2.06. The Balaban J connectivity index is -0.000000310. The lowest BCUT2D eigenvalue weighted by molar-refractivity contribution is -0.125. The first kappa shape index (κ1) is 29.7. The maximum Gasteiger partial charge on any atom is 0.222 e. The third kappa shape index (κ3) is 27.7. The molecule has 0 saturated carbocycles. The predicted octanol–water partition coefficient (Wildman–Crippen LogP) is 4.40.